The molecule has 0 fully saturated rings. The Hall–Kier alpha value is -3.00. The number of anilines is 1. The van der Waals surface area contributed by atoms with Crippen LogP contribution < -0.4 is 9.64 Å². The molecule has 1 unspecified atom stereocenters. The maximum atomic E-state index is 6.18. The quantitative estimate of drug-likeness (QED) is 0.646. The van der Waals surface area contributed by atoms with Gasteiger partial charge >= 0.3 is 0 Å². The molecule has 0 amide bonds. The standard InChI is InChI=1S/C23H21NO/c1-24(2)19-14-12-17(13-15-19)21-16-23(18-8-4-3-5-9-18)25-22-11-7-6-10-20(21)22/h3-16,21H,1-2H3. The van der Waals surface area contributed by atoms with Crippen molar-refractivity contribution in [2.75, 3.05) is 19.0 Å². The Bertz CT molecular complexity index is 895. The van der Waals surface area contributed by atoms with E-state index in [0.717, 1.165) is 17.1 Å². The van der Waals surface area contributed by atoms with Crippen molar-refractivity contribution in [1.29, 1.82) is 0 Å². The maximum Gasteiger partial charge on any atom is 0.131 e. The lowest BCUT2D eigenvalue weighted by Crippen LogP contribution is -2.11. The van der Waals surface area contributed by atoms with Crippen molar-refractivity contribution in [1.82, 2.24) is 0 Å². The number of rotatable bonds is 3. The molecule has 2 nitrogen and oxygen atoms in total. The Morgan fingerprint density at radius 1 is 0.760 bits per heavy atom. The van der Waals surface area contributed by atoms with Gasteiger partial charge in [-0.1, -0.05) is 60.7 Å². The predicted octanol–water partition coefficient (Wildman–Crippen LogP) is 5.32. The smallest absolute Gasteiger partial charge is 0.131 e. The van der Waals surface area contributed by atoms with Gasteiger partial charge in [0, 0.05) is 36.8 Å². The first-order chi connectivity index (χ1) is 12.2. The highest BCUT2D eigenvalue weighted by molar-refractivity contribution is 5.68. The molecule has 0 bridgehead atoms. The van der Waals surface area contributed by atoms with Crippen LogP contribution in [0.3, 0.4) is 0 Å². The number of ether oxygens (including phenoxy) is 1. The maximum absolute atomic E-state index is 6.18. The summed E-state index contributed by atoms with van der Waals surface area (Å²) in [5, 5.41) is 0. The van der Waals surface area contributed by atoms with Gasteiger partial charge in [-0.05, 0) is 29.8 Å². The molecule has 0 spiro atoms. The Kier molecular flexibility index (Phi) is 4.02. The molecule has 25 heavy (non-hydrogen) atoms. The number of hydrogen-bond acceptors (Lipinski definition) is 2. The predicted molar refractivity (Wildman–Crippen MR) is 104 cm³/mol. The lowest BCUT2D eigenvalue weighted by atomic mass is 9.87. The van der Waals surface area contributed by atoms with Crippen LogP contribution >= 0.6 is 0 Å². The molecule has 0 saturated carbocycles. The van der Waals surface area contributed by atoms with Gasteiger partial charge in [-0.2, -0.15) is 0 Å². The van der Waals surface area contributed by atoms with Gasteiger partial charge in [-0.3, -0.25) is 0 Å². The average molecular weight is 327 g/mol. The Labute approximate surface area is 149 Å². The Morgan fingerprint density at radius 3 is 2.16 bits per heavy atom. The van der Waals surface area contributed by atoms with Gasteiger partial charge in [0.2, 0.25) is 0 Å². The van der Waals surface area contributed by atoms with E-state index in [1.807, 2.05) is 30.3 Å². The van der Waals surface area contributed by atoms with Crippen LogP contribution in [0.2, 0.25) is 0 Å². The van der Waals surface area contributed by atoms with Crippen LogP contribution in [0.25, 0.3) is 5.76 Å². The lowest BCUT2D eigenvalue weighted by Gasteiger charge is -2.26. The largest absolute Gasteiger partial charge is 0.457 e. The second-order valence-electron chi connectivity index (χ2n) is 6.50. The number of para-hydroxylation sites is 1. The van der Waals surface area contributed by atoms with E-state index in [9.17, 15) is 0 Å². The van der Waals surface area contributed by atoms with E-state index in [1.54, 1.807) is 0 Å². The van der Waals surface area contributed by atoms with Crippen molar-refractivity contribution in [3.05, 3.63) is 102 Å². The zero-order valence-electron chi connectivity index (χ0n) is 14.5. The molecule has 4 rings (SSSR count). The van der Waals surface area contributed by atoms with Gasteiger partial charge in [-0.25, -0.2) is 0 Å². The molecule has 3 aromatic carbocycles. The van der Waals surface area contributed by atoms with Crippen molar-refractivity contribution in [3.63, 3.8) is 0 Å². The molecule has 124 valence electrons. The summed E-state index contributed by atoms with van der Waals surface area (Å²) < 4.78 is 6.18. The van der Waals surface area contributed by atoms with Crippen molar-refractivity contribution >= 4 is 11.4 Å². The summed E-state index contributed by atoms with van der Waals surface area (Å²) in [5.74, 6) is 2.04. The molecule has 1 aliphatic rings. The van der Waals surface area contributed by atoms with Gasteiger partial charge in [0.1, 0.15) is 11.5 Å². The molecule has 1 heterocycles. The first-order valence-electron chi connectivity index (χ1n) is 8.54. The first kappa shape index (κ1) is 15.5. The van der Waals surface area contributed by atoms with Crippen LogP contribution in [0.15, 0.2) is 84.9 Å². The van der Waals surface area contributed by atoms with Crippen LogP contribution in [-0.2, 0) is 0 Å². The van der Waals surface area contributed by atoms with Gasteiger partial charge < -0.3 is 9.64 Å². The highest BCUT2D eigenvalue weighted by Gasteiger charge is 2.23. The Balaban J connectivity index is 1.79. The van der Waals surface area contributed by atoms with Crippen molar-refractivity contribution in [2.24, 2.45) is 0 Å². The minimum atomic E-state index is 0.191. The third-order valence-electron chi connectivity index (χ3n) is 4.62. The first-order valence-corrected chi connectivity index (χ1v) is 8.54. The van der Waals surface area contributed by atoms with Crippen LogP contribution in [-0.4, -0.2) is 14.1 Å². The van der Waals surface area contributed by atoms with E-state index in [1.165, 1.54) is 16.8 Å². The monoisotopic (exact) mass is 327 g/mol. The summed E-state index contributed by atoms with van der Waals surface area (Å²) in [4.78, 5) is 2.12. The second-order valence-corrected chi connectivity index (χ2v) is 6.50. The normalized spacial score (nSPS) is 15.8. The van der Waals surface area contributed by atoms with Crippen LogP contribution in [0.1, 0.15) is 22.6 Å². The van der Waals surface area contributed by atoms with Gasteiger partial charge in [-0.15, -0.1) is 0 Å². The number of nitrogens with zero attached hydrogens (tertiary/aromatic N) is 1. The SMILES string of the molecule is CN(C)c1ccc(C2C=C(c3ccccc3)Oc3ccccc32)cc1. The molecule has 0 saturated heterocycles. The third-order valence-corrected chi connectivity index (χ3v) is 4.62. The van der Waals surface area contributed by atoms with E-state index in [-0.39, 0.29) is 5.92 Å². The van der Waals surface area contributed by atoms with Crippen LogP contribution in [0, 0.1) is 0 Å². The average Bonchev–Trinajstić information content (AvgIpc) is 2.68. The summed E-state index contributed by atoms with van der Waals surface area (Å²) in [6, 6.07) is 27.3. The Morgan fingerprint density at radius 2 is 1.44 bits per heavy atom. The molecule has 0 radical (unpaired) electrons. The van der Waals surface area contributed by atoms with Gasteiger partial charge in [0.25, 0.3) is 0 Å². The molecule has 0 aliphatic carbocycles. The topological polar surface area (TPSA) is 12.5 Å². The van der Waals surface area contributed by atoms with Gasteiger partial charge in [0.15, 0.2) is 0 Å². The molecule has 0 aromatic heterocycles. The molecule has 3 aromatic rings. The second kappa shape index (κ2) is 6.48. The summed E-state index contributed by atoms with van der Waals surface area (Å²) in [5.41, 5.74) is 4.79. The van der Waals surface area contributed by atoms with Crippen molar-refractivity contribution in [3.8, 4) is 5.75 Å². The molecule has 1 aliphatic heterocycles. The van der Waals surface area contributed by atoms with Crippen molar-refractivity contribution in [2.45, 2.75) is 5.92 Å². The summed E-state index contributed by atoms with van der Waals surface area (Å²) in [6.07, 6.45) is 2.22. The zero-order valence-corrected chi connectivity index (χ0v) is 14.5. The molecule has 1 atom stereocenters. The minimum Gasteiger partial charge on any atom is -0.457 e. The van der Waals surface area contributed by atoms with Crippen LogP contribution in [0.5, 0.6) is 5.75 Å². The number of allylic oxidation sites excluding steroid dienone is 1. The lowest BCUT2D eigenvalue weighted by molar-refractivity contribution is 0.492. The van der Waals surface area contributed by atoms with Crippen LogP contribution in [0.4, 0.5) is 5.69 Å². The summed E-state index contributed by atoms with van der Waals surface area (Å²) in [6.45, 7) is 0. The van der Waals surface area contributed by atoms with E-state index in [4.69, 9.17) is 4.74 Å². The minimum absolute atomic E-state index is 0.191. The van der Waals surface area contributed by atoms with E-state index in [0.29, 0.717) is 0 Å². The van der Waals surface area contributed by atoms with Crippen molar-refractivity contribution < 1.29 is 4.74 Å². The zero-order chi connectivity index (χ0) is 17.2. The summed E-state index contributed by atoms with van der Waals surface area (Å²) >= 11 is 0. The number of benzene rings is 3. The molecular formula is C23H21NO. The van der Waals surface area contributed by atoms with E-state index in [2.05, 4.69) is 73.6 Å². The van der Waals surface area contributed by atoms with E-state index >= 15 is 0 Å². The highest BCUT2D eigenvalue weighted by atomic mass is 16.5. The van der Waals surface area contributed by atoms with E-state index < -0.39 is 0 Å². The highest BCUT2D eigenvalue weighted by Crippen LogP contribution is 2.40. The fraction of sp³-hybridized carbons (Fsp3) is 0.130. The molecule has 2 heteroatoms. The van der Waals surface area contributed by atoms with Gasteiger partial charge in [0.05, 0.1) is 0 Å². The fourth-order valence-electron chi connectivity index (χ4n) is 3.24. The summed E-state index contributed by atoms with van der Waals surface area (Å²) in [7, 11) is 4.12. The fourth-order valence-corrected chi connectivity index (χ4v) is 3.24. The third kappa shape index (κ3) is 3.03. The number of hydrogen-bond donors (Lipinski definition) is 0. The number of fused-ring (bicyclic) bond motifs is 1. The molecular weight excluding hydrogens is 306 g/mol. The molecule has 0 N–H and O–H groups in total.